The average Bonchev–Trinajstić information content (AvgIpc) is 2.64. The number of halogens is 1. The highest BCUT2D eigenvalue weighted by Gasteiger charge is 2.27. The number of anilines is 1. The predicted octanol–water partition coefficient (Wildman–Crippen LogP) is 1.40. The van der Waals surface area contributed by atoms with Crippen molar-refractivity contribution in [2.45, 2.75) is 6.92 Å². The lowest BCUT2D eigenvalue weighted by atomic mass is 10.2. The lowest BCUT2D eigenvalue weighted by Crippen LogP contribution is -2.46. The molecule has 1 aliphatic heterocycles. The fourth-order valence-electron chi connectivity index (χ4n) is 1.55. The second-order valence-electron chi connectivity index (χ2n) is 3.92. The number of thiocarbonyl (C=S) groups is 1. The largest absolute Gasteiger partial charge is 0.343 e. The Balaban J connectivity index is 2.00. The zero-order valence-corrected chi connectivity index (χ0v) is 11.6. The van der Waals surface area contributed by atoms with E-state index in [4.69, 9.17) is 23.8 Å². The molecule has 2 rings (SSSR count). The Labute approximate surface area is 120 Å². The second kappa shape index (κ2) is 5.41. The molecule has 8 heteroatoms. The zero-order chi connectivity index (χ0) is 14.0. The van der Waals surface area contributed by atoms with Gasteiger partial charge in [0.15, 0.2) is 5.11 Å². The third-order valence-electron chi connectivity index (χ3n) is 2.55. The fraction of sp³-hybridized carbons (Fsp3) is 0.182. The van der Waals surface area contributed by atoms with E-state index >= 15 is 0 Å². The predicted molar refractivity (Wildman–Crippen MR) is 75.8 cm³/mol. The number of rotatable bonds is 2. The van der Waals surface area contributed by atoms with E-state index in [0.29, 0.717) is 5.02 Å². The highest BCUT2D eigenvalue weighted by Crippen LogP contribution is 2.22. The molecule has 19 heavy (non-hydrogen) atoms. The SMILES string of the molecule is Cc1c(Cl)cccc1NC(=S)NN1CC(=O)NC1=O. The van der Waals surface area contributed by atoms with Gasteiger partial charge in [0, 0.05) is 10.7 Å². The van der Waals surface area contributed by atoms with Gasteiger partial charge in [0.2, 0.25) is 5.91 Å². The van der Waals surface area contributed by atoms with Gasteiger partial charge in [0.1, 0.15) is 6.54 Å². The molecule has 0 radical (unpaired) electrons. The molecule has 0 unspecified atom stereocenters. The van der Waals surface area contributed by atoms with E-state index < -0.39 is 6.03 Å². The smallest absolute Gasteiger partial charge is 0.331 e. The Morgan fingerprint density at radius 1 is 1.47 bits per heavy atom. The normalized spacial score (nSPS) is 14.3. The number of carbonyl (C=O) groups excluding carboxylic acids is 2. The highest BCUT2D eigenvalue weighted by atomic mass is 35.5. The minimum atomic E-state index is -0.531. The number of urea groups is 1. The molecule has 0 aliphatic carbocycles. The van der Waals surface area contributed by atoms with Crippen LogP contribution in [-0.2, 0) is 4.79 Å². The molecule has 1 aromatic rings. The van der Waals surface area contributed by atoms with Crippen molar-refractivity contribution in [1.82, 2.24) is 15.8 Å². The summed E-state index contributed by atoms with van der Waals surface area (Å²) in [5.74, 6) is -0.376. The molecular weight excluding hydrogens is 288 g/mol. The van der Waals surface area contributed by atoms with Crippen LogP contribution >= 0.6 is 23.8 Å². The number of carbonyl (C=O) groups is 2. The lowest BCUT2D eigenvalue weighted by molar-refractivity contribution is -0.118. The Bertz CT molecular complexity index is 564. The first-order valence-corrected chi connectivity index (χ1v) is 6.20. The summed E-state index contributed by atoms with van der Waals surface area (Å²) in [6.45, 7) is 1.77. The number of nitrogens with one attached hydrogen (secondary N) is 3. The van der Waals surface area contributed by atoms with Crippen LogP contribution in [0.2, 0.25) is 5.02 Å². The first kappa shape index (κ1) is 13.6. The molecule has 1 aromatic carbocycles. The number of amides is 3. The number of hydrogen-bond donors (Lipinski definition) is 3. The maximum Gasteiger partial charge on any atom is 0.343 e. The molecule has 0 saturated carbocycles. The third-order valence-corrected chi connectivity index (χ3v) is 3.15. The zero-order valence-electron chi connectivity index (χ0n) is 9.99. The van der Waals surface area contributed by atoms with Crippen LogP contribution in [0.25, 0.3) is 0 Å². The molecule has 0 spiro atoms. The number of imide groups is 1. The molecule has 1 aliphatic rings. The molecular formula is C11H11ClN4O2S. The Hall–Kier alpha value is -1.86. The van der Waals surface area contributed by atoms with Gasteiger partial charge in [0.25, 0.3) is 0 Å². The molecule has 1 fully saturated rings. The summed E-state index contributed by atoms with van der Waals surface area (Å²) in [6.07, 6.45) is 0. The van der Waals surface area contributed by atoms with Crippen molar-refractivity contribution in [3.8, 4) is 0 Å². The average molecular weight is 299 g/mol. The van der Waals surface area contributed by atoms with Crippen LogP contribution < -0.4 is 16.1 Å². The van der Waals surface area contributed by atoms with Gasteiger partial charge >= 0.3 is 6.03 Å². The van der Waals surface area contributed by atoms with Crippen LogP contribution in [0.3, 0.4) is 0 Å². The summed E-state index contributed by atoms with van der Waals surface area (Å²) < 4.78 is 0. The molecule has 0 bridgehead atoms. The summed E-state index contributed by atoms with van der Waals surface area (Å²) >= 11 is 11.1. The number of nitrogens with zero attached hydrogens (tertiary/aromatic N) is 1. The van der Waals surface area contributed by atoms with Crippen LogP contribution in [0, 0.1) is 6.92 Å². The maximum atomic E-state index is 11.3. The Morgan fingerprint density at radius 2 is 2.21 bits per heavy atom. The van der Waals surface area contributed by atoms with Gasteiger partial charge in [-0.25, -0.2) is 9.80 Å². The first-order valence-electron chi connectivity index (χ1n) is 5.41. The summed E-state index contributed by atoms with van der Waals surface area (Å²) in [7, 11) is 0. The maximum absolute atomic E-state index is 11.3. The van der Waals surface area contributed by atoms with Crippen LogP contribution in [0.1, 0.15) is 5.56 Å². The quantitative estimate of drug-likeness (QED) is 0.568. The monoisotopic (exact) mass is 298 g/mol. The van der Waals surface area contributed by atoms with E-state index in [9.17, 15) is 9.59 Å². The van der Waals surface area contributed by atoms with Gasteiger partial charge < -0.3 is 5.32 Å². The van der Waals surface area contributed by atoms with Crippen molar-refractivity contribution in [2.24, 2.45) is 0 Å². The van der Waals surface area contributed by atoms with Crippen molar-refractivity contribution in [2.75, 3.05) is 11.9 Å². The molecule has 6 nitrogen and oxygen atoms in total. The van der Waals surface area contributed by atoms with Crippen molar-refractivity contribution < 1.29 is 9.59 Å². The van der Waals surface area contributed by atoms with E-state index in [-0.39, 0.29) is 17.6 Å². The summed E-state index contributed by atoms with van der Waals surface area (Å²) in [6, 6.07) is 4.83. The molecule has 0 aromatic heterocycles. The first-order chi connectivity index (χ1) is 8.97. The van der Waals surface area contributed by atoms with Gasteiger partial charge in [-0.3, -0.25) is 15.5 Å². The molecule has 1 heterocycles. The molecule has 0 atom stereocenters. The third kappa shape index (κ3) is 3.12. The van der Waals surface area contributed by atoms with Crippen LogP contribution in [-0.4, -0.2) is 28.6 Å². The van der Waals surface area contributed by atoms with Gasteiger partial charge in [-0.2, -0.15) is 0 Å². The molecule has 3 amide bonds. The molecule has 1 saturated heterocycles. The van der Waals surface area contributed by atoms with Crippen LogP contribution in [0.15, 0.2) is 18.2 Å². The van der Waals surface area contributed by atoms with Gasteiger partial charge in [-0.15, -0.1) is 0 Å². The van der Waals surface area contributed by atoms with Crippen LogP contribution in [0.5, 0.6) is 0 Å². The van der Waals surface area contributed by atoms with E-state index in [2.05, 4.69) is 16.1 Å². The van der Waals surface area contributed by atoms with Gasteiger partial charge in [-0.05, 0) is 36.8 Å². The Kier molecular flexibility index (Phi) is 3.87. The second-order valence-corrected chi connectivity index (χ2v) is 4.73. The Morgan fingerprint density at radius 3 is 2.84 bits per heavy atom. The van der Waals surface area contributed by atoms with Gasteiger partial charge in [-0.1, -0.05) is 17.7 Å². The summed E-state index contributed by atoms with van der Waals surface area (Å²) in [5.41, 5.74) is 4.21. The van der Waals surface area contributed by atoms with Crippen molar-refractivity contribution in [3.63, 3.8) is 0 Å². The van der Waals surface area contributed by atoms with E-state index in [1.165, 1.54) is 0 Å². The summed E-state index contributed by atoms with van der Waals surface area (Å²) in [4.78, 5) is 22.3. The minimum absolute atomic E-state index is 0.0742. The molecule has 100 valence electrons. The number of hydrogen-bond acceptors (Lipinski definition) is 3. The minimum Gasteiger partial charge on any atom is -0.331 e. The fourth-order valence-corrected chi connectivity index (χ4v) is 1.94. The molecule has 3 N–H and O–H groups in total. The van der Waals surface area contributed by atoms with Crippen molar-refractivity contribution >= 4 is 46.6 Å². The van der Waals surface area contributed by atoms with Crippen molar-refractivity contribution in [1.29, 1.82) is 0 Å². The van der Waals surface area contributed by atoms with E-state index in [1.807, 2.05) is 13.0 Å². The number of hydrazine groups is 1. The topological polar surface area (TPSA) is 73.5 Å². The highest BCUT2D eigenvalue weighted by molar-refractivity contribution is 7.80. The number of benzene rings is 1. The van der Waals surface area contributed by atoms with Crippen molar-refractivity contribution in [3.05, 3.63) is 28.8 Å². The van der Waals surface area contributed by atoms with E-state index in [0.717, 1.165) is 16.3 Å². The standard InChI is InChI=1S/C11H11ClN4O2S/c1-6-7(12)3-2-4-8(6)13-10(19)15-16-5-9(17)14-11(16)18/h2-4H,5H2,1H3,(H2,13,15,19)(H,14,17,18). The van der Waals surface area contributed by atoms with E-state index in [1.54, 1.807) is 12.1 Å². The lowest BCUT2D eigenvalue weighted by Gasteiger charge is -2.18. The summed E-state index contributed by atoms with van der Waals surface area (Å²) in [5, 5.41) is 6.96. The van der Waals surface area contributed by atoms with Gasteiger partial charge in [0.05, 0.1) is 0 Å². The van der Waals surface area contributed by atoms with Crippen LogP contribution in [0.4, 0.5) is 10.5 Å².